The molecule has 2 heteroatoms. The molecule has 0 spiro atoms. The fourth-order valence-electron chi connectivity index (χ4n) is 3.56. The number of benzene rings is 1. The van der Waals surface area contributed by atoms with Gasteiger partial charge in [0.15, 0.2) is 0 Å². The number of rotatable bonds is 6. The molecule has 3 rings (SSSR count). The van der Waals surface area contributed by atoms with Crippen molar-refractivity contribution in [3.63, 3.8) is 0 Å². The van der Waals surface area contributed by atoms with Gasteiger partial charge >= 0.3 is 0 Å². The molecule has 2 aliphatic rings. The van der Waals surface area contributed by atoms with Gasteiger partial charge < -0.3 is 5.32 Å². The third kappa shape index (κ3) is 4.08. The maximum atomic E-state index is 3.56. The van der Waals surface area contributed by atoms with Crippen LogP contribution < -0.4 is 5.32 Å². The molecule has 1 N–H and O–H groups in total. The van der Waals surface area contributed by atoms with Gasteiger partial charge in [-0.3, -0.25) is 4.90 Å². The van der Waals surface area contributed by atoms with Crippen LogP contribution in [0.15, 0.2) is 24.3 Å². The Morgan fingerprint density at radius 2 is 2.00 bits per heavy atom. The highest BCUT2D eigenvalue weighted by atomic mass is 15.1. The van der Waals surface area contributed by atoms with E-state index < -0.39 is 0 Å². The van der Waals surface area contributed by atoms with Crippen molar-refractivity contribution in [3.05, 3.63) is 35.4 Å². The van der Waals surface area contributed by atoms with Gasteiger partial charge in [0.25, 0.3) is 0 Å². The van der Waals surface area contributed by atoms with Crippen LogP contribution >= 0.6 is 0 Å². The molecule has 2 fully saturated rings. The van der Waals surface area contributed by atoms with Crippen molar-refractivity contribution in [3.8, 4) is 0 Å². The minimum atomic E-state index is 0.624. The maximum absolute atomic E-state index is 3.56. The van der Waals surface area contributed by atoms with E-state index in [1.807, 2.05) is 0 Å². The molecule has 1 aromatic rings. The lowest BCUT2D eigenvalue weighted by Gasteiger charge is -2.33. The van der Waals surface area contributed by atoms with Crippen LogP contribution in [-0.4, -0.2) is 30.6 Å². The van der Waals surface area contributed by atoms with Crippen molar-refractivity contribution in [2.75, 3.05) is 19.6 Å². The maximum Gasteiger partial charge on any atom is 0.0239 e. The lowest BCUT2D eigenvalue weighted by Crippen LogP contribution is -2.40. The van der Waals surface area contributed by atoms with Crippen LogP contribution in [0, 0.1) is 5.92 Å². The number of nitrogens with zero attached hydrogens (tertiary/aromatic N) is 1. The van der Waals surface area contributed by atoms with Gasteiger partial charge in [-0.05, 0) is 75.6 Å². The highest BCUT2D eigenvalue weighted by molar-refractivity contribution is 5.33. The second-order valence-electron chi connectivity index (χ2n) is 7.21. The molecule has 1 unspecified atom stereocenters. The zero-order chi connectivity index (χ0) is 14.7. The summed E-state index contributed by atoms with van der Waals surface area (Å²) in [6.07, 6.45) is 5.52. The van der Waals surface area contributed by atoms with E-state index in [9.17, 15) is 0 Å². The Bertz CT molecular complexity index is 445. The second kappa shape index (κ2) is 6.93. The van der Waals surface area contributed by atoms with E-state index in [2.05, 4.69) is 48.3 Å². The summed E-state index contributed by atoms with van der Waals surface area (Å²) < 4.78 is 0. The van der Waals surface area contributed by atoms with Gasteiger partial charge in [0.1, 0.15) is 0 Å². The average molecular weight is 286 g/mol. The Morgan fingerprint density at radius 3 is 2.67 bits per heavy atom. The molecule has 1 heterocycles. The number of hydrogen-bond acceptors (Lipinski definition) is 2. The van der Waals surface area contributed by atoms with Gasteiger partial charge in [0, 0.05) is 19.1 Å². The van der Waals surface area contributed by atoms with Crippen LogP contribution in [0.25, 0.3) is 0 Å². The molecular formula is C19H30N2. The Hall–Kier alpha value is -0.860. The van der Waals surface area contributed by atoms with Gasteiger partial charge in [-0.1, -0.05) is 24.3 Å². The third-order valence-corrected chi connectivity index (χ3v) is 5.07. The van der Waals surface area contributed by atoms with Gasteiger partial charge in [-0.2, -0.15) is 0 Å². The van der Waals surface area contributed by atoms with E-state index in [0.29, 0.717) is 6.04 Å². The van der Waals surface area contributed by atoms with Crippen LogP contribution in [0.3, 0.4) is 0 Å². The SMILES string of the molecule is CC(C)N(Cc1ccccc1C1CC1)CC1CCCNC1. The zero-order valence-electron chi connectivity index (χ0n) is 13.6. The molecule has 1 saturated carbocycles. The molecule has 1 aliphatic heterocycles. The van der Waals surface area contributed by atoms with Gasteiger partial charge in [0.05, 0.1) is 0 Å². The molecule has 21 heavy (non-hydrogen) atoms. The predicted octanol–water partition coefficient (Wildman–Crippen LogP) is 3.77. The molecular weight excluding hydrogens is 256 g/mol. The quantitative estimate of drug-likeness (QED) is 0.856. The topological polar surface area (TPSA) is 15.3 Å². The van der Waals surface area contributed by atoms with Gasteiger partial charge in [0.2, 0.25) is 0 Å². The van der Waals surface area contributed by atoms with Crippen LogP contribution in [0.2, 0.25) is 0 Å². The molecule has 0 bridgehead atoms. The highest BCUT2D eigenvalue weighted by Crippen LogP contribution is 2.41. The molecule has 0 amide bonds. The zero-order valence-corrected chi connectivity index (χ0v) is 13.6. The minimum Gasteiger partial charge on any atom is -0.316 e. The van der Waals surface area contributed by atoms with Crippen molar-refractivity contribution in [2.24, 2.45) is 5.92 Å². The molecule has 1 atom stereocenters. The van der Waals surface area contributed by atoms with E-state index in [4.69, 9.17) is 0 Å². The van der Waals surface area contributed by atoms with Gasteiger partial charge in [-0.15, -0.1) is 0 Å². The summed E-state index contributed by atoms with van der Waals surface area (Å²) >= 11 is 0. The van der Waals surface area contributed by atoms with Crippen molar-refractivity contribution in [2.45, 2.75) is 58.0 Å². The van der Waals surface area contributed by atoms with Crippen LogP contribution in [0.4, 0.5) is 0 Å². The van der Waals surface area contributed by atoms with Crippen LogP contribution in [0.1, 0.15) is 56.6 Å². The molecule has 2 nitrogen and oxygen atoms in total. The Kier molecular flexibility index (Phi) is 4.97. The van der Waals surface area contributed by atoms with Crippen molar-refractivity contribution in [1.82, 2.24) is 10.2 Å². The Balaban J connectivity index is 1.67. The smallest absolute Gasteiger partial charge is 0.0239 e. The van der Waals surface area contributed by atoms with E-state index in [-0.39, 0.29) is 0 Å². The first-order valence-corrected chi connectivity index (χ1v) is 8.76. The average Bonchev–Trinajstić information content (AvgIpc) is 3.33. The van der Waals surface area contributed by atoms with E-state index in [0.717, 1.165) is 18.4 Å². The number of piperidine rings is 1. The molecule has 116 valence electrons. The number of nitrogens with one attached hydrogen (secondary N) is 1. The van der Waals surface area contributed by atoms with Crippen LogP contribution in [0.5, 0.6) is 0 Å². The molecule has 1 aromatic carbocycles. The fraction of sp³-hybridized carbons (Fsp3) is 0.684. The second-order valence-corrected chi connectivity index (χ2v) is 7.21. The summed E-state index contributed by atoms with van der Waals surface area (Å²) in [6.45, 7) is 9.46. The number of hydrogen-bond donors (Lipinski definition) is 1. The van der Waals surface area contributed by atoms with E-state index in [1.165, 1.54) is 45.3 Å². The van der Waals surface area contributed by atoms with Crippen molar-refractivity contribution in [1.29, 1.82) is 0 Å². The van der Waals surface area contributed by atoms with Crippen molar-refractivity contribution >= 4 is 0 Å². The summed E-state index contributed by atoms with van der Waals surface area (Å²) in [6, 6.07) is 9.75. The molecule has 0 aromatic heterocycles. The molecule has 1 saturated heterocycles. The lowest BCUT2D eigenvalue weighted by molar-refractivity contribution is 0.163. The third-order valence-electron chi connectivity index (χ3n) is 5.07. The van der Waals surface area contributed by atoms with E-state index >= 15 is 0 Å². The van der Waals surface area contributed by atoms with E-state index in [1.54, 1.807) is 11.1 Å². The first-order valence-electron chi connectivity index (χ1n) is 8.76. The summed E-state index contributed by atoms with van der Waals surface area (Å²) in [5, 5.41) is 3.56. The fourth-order valence-corrected chi connectivity index (χ4v) is 3.56. The lowest BCUT2D eigenvalue weighted by atomic mass is 9.97. The standard InChI is InChI=1S/C19H30N2/c1-15(2)21(13-16-6-5-11-20-12-16)14-18-7-3-4-8-19(18)17-9-10-17/h3-4,7-8,15-17,20H,5-6,9-14H2,1-2H3. The predicted molar refractivity (Wildman–Crippen MR) is 89.6 cm³/mol. The first-order chi connectivity index (χ1) is 10.2. The Morgan fingerprint density at radius 1 is 1.19 bits per heavy atom. The van der Waals surface area contributed by atoms with Crippen LogP contribution in [-0.2, 0) is 6.54 Å². The van der Waals surface area contributed by atoms with Crippen molar-refractivity contribution < 1.29 is 0 Å². The summed E-state index contributed by atoms with van der Waals surface area (Å²) in [5.41, 5.74) is 3.18. The molecule has 1 aliphatic carbocycles. The Labute approximate surface area is 129 Å². The van der Waals surface area contributed by atoms with Gasteiger partial charge in [-0.25, -0.2) is 0 Å². The first kappa shape index (κ1) is 15.1. The summed E-state index contributed by atoms with van der Waals surface area (Å²) in [4.78, 5) is 2.68. The molecule has 0 radical (unpaired) electrons. The largest absolute Gasteiger partial charge is 0.316 e. The summed E-state index contributed by atoms with van der Waals surface area (Å²) in [5.74, 6) is 1.68. The summed E-state index contributed by atoms with van der Waals surface area (Å²) in [7, 11) is 0. The highest BCUT2D eigenvalue weighted by Gasteiger charge is 2.27. The minimum absolute atomic E-state index is 0.624. The monoisotopic (exact) mass is 286 g/mol. The normalized spacial score (nSPS) is 23.0.